The minimum Gasteiger partial charge on any atom is -0.481 e. The molecule has 0 spiro atoms. The summed E-state index contributed by atoms with van der Waals surface area (Å²) in [5, 5.41) is 13.0. The highest BCUT2D eigenvalue weighted by Gasteiger charge is 2.26. The molecule has 0 aliphatic heterocycles. The summed E-state index contributed by atoms with van der Waals surface area (Å²) in [6.07, 6.45) is 0.866. The summed E-state index contributed by atoms with van der Waals surface area (Å²) in [6, 6.07) is 7.45. The molecule has 0 bridgehead atoms. The Kier molecular flexibility index (Phi) is 7.70. The standard InChI is InChI=1S/C18H27ClN2O3/c1-13(20-10-9-18(2,3)17(23)24)11-16(22)21(4)12-14-7-5-6-8-15(14)19/h5-8,13,20H,9-12H2,1-4H3,(H,23,24). The lowest BCUT2D eigenvalue weighted by Crippen LogP contribution is -2.37. The van der Waals surface area contributed by atoms with Gasteiger partial charge in [0.2, 0.25) is 5.91 Å². The molecule has 1 atom stereocenters. The van der Waals surface area contributed by atoms with Crippen LogP contribution >= 0.6 is 11.6 Å². The smallest absolute Gasteiger partial charge is 0.309 e. The Bertz CT molecular complexity index is 575. The minimum absolute atomic E-state index is 0.0178. The summed E-state index contributed by atoms with van der Waals surface area (Å²) in [7, 11) is 1.76. The number of amides is 1. The molecule has 0 fully saturated rings. The molecule has 0 aromatic heterocycles. The quantitative estimate of drug-likeness (QED) is 0.714. The topological polar surface area (TPSA) is 69.6 Å². The molecule has 1 unspecified atom stereocenters. The van der Waals surface area contributed by atoms with E-state index in [0.29, 0.717) is 31.0 Å². The van der Waals surface area contributed by atoms with E-state index in [4.69, 9.17) is 16.7 Å². The van der Waals surface area contributed by atoms with Crippen molar-refractivity contribution in [1.29, 1.82) is 0 Å². The van der Waals surface area contributed by atoms with Crippen molar-refractivity contribution in [1.82, 2.24) is 10.2 Å². The number of benzene rings is 1. The largest absolute Gasteiger partial charge is 0.481 e. The van der Waals surface area contributed by atoms with Crippen molar-refractivity contribution in [2.24, 2.45) is 5.41 Å². The average molecular weight is 355 g/mol. The number of carbonyl (C=O) groups excluding carboxylic acids is 1. The van der Waals surface area contributed by atoms with E-state index in [1.54, 1.807) is 25.8 Å². The number of carboxylic acid groups (broad SMARTS) is 1. The molecule has 1 aromatic carbocycles. The zero-order valence-corrected chi connectivity index (χ0v) is 15.6. The van der Waals surface area contributed by atoms with E-state index < -0.39 is 11.4 Å². The van der Waals surface area contributed by atoms with Crippen LogP contribution in [0.5, 0.6) is 0 Å². The van der Waals surface area contributed by atoms with Crippen LogP contribution in [0.15, 0.2) is 24.3 Å². The van der Waals surface area contributed by atoms with Crippen molar-refractivity contribution in [3.8, 4) is 0 Å². The third kappa shape index (κ3) is 6.49. The minimum atomic E-state index is -0.812. The first-order valence-corrected chi connectivity index (χ1v) is 8.45. The molecular weight excluding hydrogens is 328 g/mol. The van der Waals surface area contributed by atoms with Crippen LogP contribution in [-0.2, 0) is 16.1 Å². The maximum atomic E-state index is 12.3. The number of nitrogens with zero attached hydrogens (tertiary/aromatic N) is 1. The second-order valence-electron chi connectivity index (χ2n) is 6.84. The summed E-state index contributed by atoms with van der Waals surface area (Å²) in [6.45, 7) is 6.35. The van der Waals surface area contributed by atoms with E-state index in [2.05, 4.69) is 5.32 Å². The predicted molar refractivity (Wildman–Crippen MR) is 96.0 cm³/mol. The number of rotatable bonds is 9. The van der Waals surface area contributed by atoms with E-state index in [9.17, 15) is 9.59 Å². The number of carbonyl (C=O) groups is 2. The maximum Gasteiger partial charge on any atom is 0.309 e. The molecule has 0 radical (unpaired) electrons. The number of nitrogens with one attached hydrogen (secondary N) is 1. The number of hydrogen-bond donors (Lipinski definition) is 2. The van der Waals surface area contributed by atoms with Gasteiger partial charge in [0.25, 0.3) is 0 Å². The SMILES string of the molecule is CC(CC(=O)N(C)Cc1ccccc1Cl)NCCC(C)(C)C(=O)O. The van der Waals surface area contributed by atoms with Gasteiger partial charge in [-0.05, 0) is 45.4 Å². The third-order valence-corrected chi connectivity index (χ3v) is 4.46. The van der Waals surface area contributed by atoms with Gasteiger partial charge in [-0.15, -0.1) is 0 Å². The second-order valence-corrected chi connectivity index (χ2v) is 7.25. The Balaban J connectivity index is 2.41. The van der Waals surface area contributed by atoms with E-state index in [1.165, 1.54) is 0 Å². The molecule has 0 aliphatic carbocycles. The zero-order valence-electron chi connectivity index (χ0n) is 14.8. The first-order valence-electron chi connectivity index (χ1n) is 8.07. The molecular formula is C18H27ClN2O3. The summed E-state index contributed by atoms with van der Waals surface area (Å²) < 4.78 is 0. The van der Waals surface area contributed by atoms with Gasteiger partial charge in [0.15, 0.2) is 0 Å². The first-order chi connectivity index (χ1) is 11.1. The van der Waals surface area contributed by atoms with Gasteiger partial charge in [0.05, 0.1) is 5.41 Å². The van der Waals surface area contributed by atoms with Crippen LogP contribution in [0.3, 0.4) is 0 Å². The van der Waals surface area contributed by atoms with E-state index in [1.807, 2.05) is 31.2 Å². The lowest BCUT2D eigenvalue weighted by molar-refractivity contribution is -0.147. The molecule has 24 heavy (non-hydrogen) atoms. The molecule has 0 heterocycles. The molecule has 2 N–H and O–H groups in total. The van der Waals surface area contributed by atoms with Crippen LogP contribution in [0.25, 0.3) is 0 Å². The lowest BCUT2D eigenvalue weighted by Gasteiger charge is -2.23. The molecule has 0 saturated heterocycles. The summed E-state index contributed by atoms with van der Waals surface area (Å²) >= 11 is 6.12. The molecule has 0 saturated carbocycles. The van der Waals surface area contributed by atoms with Gasteiger partial charge >= 0.3 is 5.97 Å². The fraction of sp³-hybridized carbons (Fsp3) is 0.556. The Morgan fingerprint density at radius 2 is 1.96 bits per heavy atom. The van der Waals surface area contributed by atoms with Crippen LogP contribution in [0, 0.1) is 5.41 Å². The monoisotopic (exact) mass is 354 g/mol. The second kappa shape index (κ2) is 9.04. The van der Waals surface area contributed by atoms with Gasteiger partial charge in [-0.3, -0.25) is 9.59 Å². The Labute approximate surface area is 149 Å². The summed E-state index contributed by atoms with van der Waals surface area (Å²) in [5.74, 6) is -0.792. The zero-order chi connectivity index (χ0) is 18.3. The van der Waals surface area contributed by atoms with Crippen molar-refractivity contribution >= 4 is 23.5 Å². The number of hydrogen-bond acceptors (Lipinski definition) is 3. The molecule has 5 nitrogen and oxygen atoms in total. The van der Waals surface area contributed by atoms with E-state index >= 15 is 0 Å². The third-order valence-electron chi connectivity index (χ3n) is 4.09. The fourth-order valence-electron chi connectivity index (χ4n) is 2.20. The van der Waals surface area contributed by atoms with Gasteiger partial charge in [0.1, 0.15) is 0 Å². The molecule has 1 rings (SSSR count). The van der Waals surface area contributed by atoms with Gasteiger partial charge in [-0.25, -0.2) is 0 Å². The first kappa shape index (κ1) is 20.5. The van der Waals surface area contributed by atoms with Gasteiger partial charge in [-0.1, -0.05) is 29.8 Å². The van der Waals surface area contributed by atoms with Crippen molar-refractivity contribution in [2.45, 2.75) is 46.2 Å². The predicted octanol–water partition coefficient (Wildman–Crippen LogP) is 3.17. The van der Waals surface area contributed by atoms with Crippen LogP contribution in [0.1, 0.15) is 39.2 Å². The van der Waals surface area contributed by atoms with Crippen molar-refractivity contribution in [3.05, 3.63) is 34.9 Å². The van der Waals surface area contributed by atoms with Crippen LogP contribution in [-0.4, -0.2) is 41.5 Å². The highest BCUT2D eigenvalue weighted by molar-refractivity contribution is 6.31. The van der Waals surface area contributed by atoms with Crippen molar-refractivity contribution in [3.63, 3.8) is 0 Å². The molecule has 0 aliphatic rings. The number of carboxylic acids is 1. The highest BCUT2D eigenvalue weighted by atomic mass is 35.5. The van der Waals surface area contributed by atoms with E-state index in [-0.39, 0.29) is 11.9 Å². The fourth-order valence-corrected chi connectivity index (χ4v) is 2.39. The van der Waals surface area contributed by atoms with Crippen LogP contribution < -0.4 is 5.32 Å². The Morgan fingerprint density at radius 3 is 2.54 bits per heavy atom. The lowest BCUT2D eigenvalue weighted by atomic mass is 9.89. The van der Waals surface area contributed by atoms with E-state index in [0.717, 1.165) is 5.56 Å². The number of halogens is 1. The summed E-state index contributed by atoms with van der Waals surface area (Å²) in [5.41, 5.74) is 0.149. The van der Waals surface area contributed by atoms with Gasteiger partial charge < -0.3 is 15.3 Å². The molecule has 6 heteroatoms. The van der Waals surface area contributed by atoms with Crippen LogP contribution in [0.2, 0.25) is 5.02 Å². The Hall–Kier alpha value is -1.59. The van der Waals surface area contributed by atoms with Gasteiger partial charge in [-0.2, -0.15) is 0 Å². The van der Waals surface area contributed by atoms with Crippen molar-refractivity contribution in [2.75, 3.05) is 13.6 Å². The van der Waals surface area contributed by atoms with Crippen molar-refractivity contribution < 1.29 is 14.7 Å². The Morgan fingerprint density at radius 1 is 1.33 bits per heavy atom. The summed E-state index contributed by atoms with van der Waals surface area (Å²) in [4.78, 5) is 25.0. The molecule has 134 valence electrons. The molecule has 1 amide bonds. The molecule has 1 aromatic rings. The normalized spacial score (nSPS) is 12.7. The van der Waals surface area contributed by atoms with Gasteiger partial charge in [0, 0.05) is 31.1 Å². The number of aliphatic carboxylic acids is 1. The highest BCUT2D eigenvalue weighted by Crippen LogP contribution is 2.19. The average Bonchev–Trinajstić information content (AvgIpc) is 2.49. The van der Waals surface area contributed by atoms with Crippen LogP contribution in [0.4, 0.5) is 0 Å². The maximum absolute atomic E-state index is 12.3.